The molecule has 4 rings (SSSR count). The van der Waals surface area contributed by atoms with Gasteiger partial charge in [0.25, 0.3) is 0 Å². The number of nitrogens with zero attached hydrogens (tertiary/aromatic N) is 2. The summed E-state index contributed by atoms with van der Waals surface area (Å²) in [5, 5.41) is 0.219. The largest absolute Gasteiger partial charge is 0.460 e. The van der Waals surface area contributed by atoms with Crippen LogP contribution in [0.4, 0.5) is 0 Å². The topological polar surface area (TPSA) is 53.4 Å². The van der Waals surface area contributed by atoms with Crippen LogP contribution in [0, 0.1) is 5.92 Å². The Morgan fingerprint density at radius 3 is 2.33 bits per heavy atom. The van der Waals surface area contributed by atoms with Crippen molar-refractivity contribution in [2.24, 2.45) is 5.92 Å². The second kappa shape index (κ2) is 12.2. The molecule has 1 aliphatic rings. The van der Waals surface area contributed by atoms with Gasteiger partial charge in [-0.3, -0.25) is 4.79 Å². The number of carbonyl (C=O) groups excluding carboxylic acids is 1. The van der Waals surface area contributed by atoms with Crippen LogP contribution in [0.3, 0.4) is 0 Å². The first-order valence-corrected chi connectivity index (χ1v) is 18.1. The highest BCUT2D eigenvalue weighted by Crippen LogP contribution is 2.39. The molecule has 2 aromatic carbocycles. The molecule has 6 heteroatoms. The minimum atomic E-state index is -1.75. The molecule has 1 saturated carbocycles. The molecular formula is C34H50N2O3Si. The van der Waals surface area contributed by atoms with E-state index in [2.05, 4.69) is 87.0 Å². The van der Waals surface area contributed by atoms with Crippen LogP contribution < -0.4 is 0 Å². The van der Waals surface area contributed by atoms with Gasteiger partial charge in [-0.05, 0) is 87.3 Å². The number of esters is 1. The van der Waals surface area contributed by atoms with Gasteiger partial charge in [0, 0.05) is 19.6 Å². The molecule has 0 unspecified atom stereocenters. The third-order valence-corrected chi connectivity index (χ3v) is 13.3. The van der Waals surface area contributed by atoms with Crippen LogP contribution in [0.15, 0.2) is 48.5 Å². The van der Waals surface area contributed by atoms with Crippen LogP contribution in [-0.4, -0.2) is 36.0 Å². The molecule has 3 aromatic rings. The van der Waals surface area contributed by atoms with Crippen molar-refractivity contribution >= 4 is 25.3 Å². The van der Waals surface area contributed by atoms with Crippen molar-refractivity contribution < 1.29 is 14.0 Å². The molecular weight excluding hydrogens is 512 g/mol. The van der Waals surface area contributed by atoms with E-state index in [1.54, 1.807) is 0 Å². The van der Waals surface area contributed by atoms with Crippen LogP contribution in [0.1, 0.15) is 96.5 Å². The van der Waals surface area contributed by atoms with Crippen molar-refractivity contribution in [3.8, 4) is 0 Å². The summed E-state index contributed by atoms with van der Waals surface area (Å²) >= 11 is 0. The Morgan fingerprint density at radius 2 is 1.65 bits per heavy atom. The van der Waals surface area contributed by atoms with Crippen LogP contribution in [0.2, 0.25) is 18.1 Å². The van der Waals surface area contributed by atoms with Crippen LogP contribution in [-0.2, 0) is 26.9 Å². The lowest BCUT2D eigenvalue weighted by atomic mass is 9.75. The van der Waals surface area contributed by atoms with Gasteiger partial charge in [-0.2, -0.15) is 0 Å². The van der Waals surface area contributed by atoms with Crippen molar-refractivity contribution in [3.63, 3.8) is 0 Å². The predicted octanol–water partition coefficient (Wildman–Crippen LogP) is 8.65. The molecule has 40 heavy (non-hydrogen) atoms. The predicted molar refractivity (Wildman–Crippen MR) is 167 cm³/mol. The summed E-state index contributed by atoms with van der Waals surface area (Å²) in [4.78, 5) is 18.0. The van der Waals surface area contributed by atoms with E-state index < -0.39 is 13.9 Å². The number of aromatic nitrogens is 2. The summed E-state index contributed by atoms with van der Waals surface area (Å²) in [6.07, 6.45) is 6.05. The summed E-state index contributed by atoms with van der Waals surface area (Å²) in [5.74, 6) is 1.23. The maximum absolute atomic E-state index is 13.0. The standard InChI is InChI=1S/C34H50N2O3Si/c1-33(2,3)39-32(37)28-15-10-9-14-27(28)26-21-19-25(20-22-26)24-36-30-17-12-11-16-29(30)35-31(36)18-13-23-38-40(7,8)34(4,5)6/h11-12,16-17,19-22,27-28H,9-10,13-15,18,23-24H2,1-8H3/t27-,28+/m0/s1. The maximum Gasteiger partial charge on any atom is 0.310 e. The lowest BCUT2D eigenvalue weighted by molar-refractivity contribution is -0.161. The van der Waals surface area contributed by atoms with Crippen molar-refractivity contribution in [2.45, 2.75) is 116 Å². The lowest BCUT2D eigenvalue weighted by Gasteiger charge is -2.36. The Balaban J connectivity index is 1.48. The van der Waals surface area contributed by atoms with E-state index in [1.807, 2.05) is 20.8 Å². The number of rotatable bonds is 9. The highest BCUT2D eigenvalue weighted by atomic mass is 28.4. The summed E-state index contributed by atoms with van der Waals surface area (Å²) < 4.78 is 14.6. The Bertz CT molecular complexity index is 1280. The molecule has 1 heterocycles. The lowest BCUT2D eigenvalue weighted by Crippen LogP contribution is -2.41. The fourth-order valence-electron chi connectivity index (χ4n) is 5.51. The minimum Gasteiger partial charge on any atom is -0.460 e. The molecule has 1 aliphatic carbocycles. The SMILES string of the molecule is CC(C)(C)OC(=O)[C@@H]1CCCC[C@H]1c1ccc(Cn2c(CCCO[Si](C)(C)C(C)(C)C)nc3ccccc32)cc1. The third-order valence-electron chi connectivity index (χ3n) is 8.77. The molecule has 218 valence electrons. The normalized spacial score (nSPS) is 18.7. The van der Waals surface area contributed by atoms with E-state index in [4.69, 9.17) is 14.1 Å². The van der Waals surface area contributed by atoms with Gasteiger partial charge >= 0.3 is 5.97 Å². The Kier molecular flexibility index (Phi) is 9.30. The second-order valence-corrected chi connectivity index (χ2v) is 18.9. The number of para-hydroxylation sites is 2. The van der Waals surface area contributed by atoms with E-state index >= 15 is 0 Å². The summed E-state index contributed by atoms with van der Waals surface area (Å²) in [6, 6.07) is 17.3. The van der Waals surface area contributed by atoms with Gasteiger partial charge in [-0.1, -0.05) is 70.0 Å². The number of hydrogen-bond donors (Lipinski definition) is 0. The number of aryl methyl sites for hydroxylation is 1. The molecule has 0 bridgehead atoms. The second-order valence-electron chi connectivity index (χ2n) is 14.1. The average Bonchev–Trinajstić information content (AvgIpc) is 3.22. The number of hydrogen-bond acceptors (Lipinski definition) is 4. The monoisotopic (exact) mass is 562 g/mol. The molecule has 1 aromatic heterocycles. The first-order chi connectivity index (χ1) is 18.7. The zero-order valence-corrected chi connectivity index (χ0v) is 27.0. The number of fused-ring (bicyclic) bond motifs is 1. The van der Waals surface area contributed by atoms with Gasteiger partial charge in [0.1, 0.15) is 11.4 Å². The van der Waals surface area contributed by atoms with Crippen molar-refractivity contribution in [1.29, 1.82) is 0 Å². The zero-order valence-electron chi connectivity index (χ0n) is 26.0. The van der Waals surface area contributed by atoms with Crippen LogP contribution >= 0.6 is 0 Å². The minimum absolute atomic E-state index is 0.0478. The van der Waals surface area contributed by atoms with Crippen molar-refractivity contribution in [1.82, 2.24) is 9.55 Å². The molecule has 0 amide bonds. The van der Waals surface area contributed by atoms with E-state index in [0.29, 0.717) is 0 Å². The molecule has 0 radical (unpaired) electrons. The highest BCUT2D eigenvalue weighted by molar-refractivity contribution is 6.74. The summed E-state index contributed by atoms with van der Waals surface area (Å²) in [6.45, 7) is 18.9. The Labute approximate surface area is 242 Å². The highest BCUT2D eigenvalue weighted by Gasteiger charge is 2.37. The number of imidazole rings is 1. The van der Waals surface area contributed by atoms with Crippen LogP contribution in [0.25, 0.3) is 11.0 Å². The van der Waals surface area contributed by atoms with Gasteiger partial charge in [0.05, 0.1) is 17.0 Å². The van der Waals surface area contributed by atoms with Gasteiger partial charge in [-0.25, -0.2) is 4.98 Å². The smallest absolute Gasteiger partial charge is 0.310 e. The van der Waals surface area contributed by atoms with E-state index in [1.165, 1.54) is 16.6 Å². The molecule has 0 saturated heterocycles. The van der Waals surface area contributed by atoms with Crippen molar-refractivity contribution in [3.05, 3.63) is 65.5 Å². The van der Waals surface area contributed by atoms with Crippen molar-refractivity contribution in [2.75, 3.05) is 6.61 Å². The van der Waals surface area contributed by atoms with Gasteiger partial charge in [0.2, 0.25) is 0 Å². The number of benzene rings is 2. The molecule has 2 atom stereocenters. The Hall–Kier alpha value is -2.44. The molecule has 0 N–H and O–H groups in total. The Morgan fingerprint density at radius 1 is 0.975 bits per heavy atom. The summed E-state index contributed by atoms with van der Waals surface area (Å²) in [7, 11) is -1.75. The molecule has 0 spiro atoms. The number of ether oxygens (including phenoxy) is 1. The summed E-state index contributed by atoms with van der Waals surface area (Å²) in [5.41, 5.74) is 4.25. The fourth-order valence-corrected chi connectivity index (χ4v) is 6.60. The van der Waals surface area contributed by atoms with E-state index in [9.17, 15) is 4.79 Å². The van der Waals surface area contributed by atoms with E-state index in [-0.39, 0.29) is 22.8 Å². The molecule has 5 nitrogen and oxygen atoms in total. The molecule has 1 fully saturated rings. The van der Waals surface area contributed by atoms with E-state index in [0.717, 1.165) is 63.0 Å². The van der Waals surface area contributed by atoms with Gasteiger partial charge in [-0.15, -0.1) is 0 Å². The number of carbonyl (C=O) groups is 1. The first kappa shape index (κ1) is 30.5. The first-order valence-electron chi connectivity index (χ1n) is 15.1. The maximum atomic E-state index is 13.0. The quantitative estimate of drug-likeness (QED) is 0.149. The third kappa shape index (κ3) is 7.44. The zero-order chi connectivity index (χ0) is 29.1. The van der Waals surface area contributed by atoms with Crippen LogP contribution in [0.5, 0.6) is 0 Å². The molecule has 0 aliphatic heterocycles. The van der Waals surface area contributed by atoms with Gasteiger partial charge < -0.3 is 13.7 Å². The van der Waals surface area contributed by atoms with Gasteiger partial charge in [0.15, 0.2) is 8.32 Å². The average molecular weight is 563 g/mol. The fraction of sp³-hybridized carbons (Fsp3) is 0.588.